The molecular weight excluding hydrogens is 245 g/mol. The van der Waals surface area contributed by atoms with Gasteiger partial charge >= 0.3 is 11.9 Å². The Bertz CT molecular complexity index is 734. The standard InChI is InChI=1S/C11H6FNO5/c12-5-2-1-4(10(15)16)8-7(14)3-6(11(17)18)13-9(5)8/h1-3H,(H,13,14)(H,15,16)(H,17,18). The van der Waals surface area contributed by atoms with Crippen LogP contribution in [0.15, 0.2) is 23.0 Å². The third kappa shape index (κ3) is 1.71. The van der Waals surface area contributed by atoms with Crippen molar-refractivity contribution in [2.45, 2.75) is 0 Å². The van der Waals surface area contributed by atoms with Crippen LogP contribution in [0.2, 0.25) is 0 Å². The summed E-state index contributed by atoms with van der Waals surface area (Å²) in [4.78, 5) is 35.5. The van der Waals surface area contributed by atoms with Crippen molar-refractivity contribution >= 4 is 22.8 Å². The van der Waals surface area contributed by atoms with E-state index in [0.717, 1.165) is 18.2 Å². The van der Waals surface area contributed by atoms with Crippen LogP contribution in [-0.2, 0) is 0 Å². The van der Waals surface area contributed by atoms with Gasteiger partial charge in [-0.3, -0.25) is 4.79 Å². The Labute approximate surface area is 98.3 Å². The van der Waals surface area contributed by atoms with E-state index in [1.165, 1.54) is 0 Å². The molecule has 0 bridgehead atoms. The van der Waals surface area contributed by atoms with Crippen molar-refractivity contribution in [3.05, 3.63) is 45.5 Å². The zero-order valence-corrected chi connectivity index (χ0v) is 8.73. The second-order valence-corrected chi connectivity index (χ2v) is 3.50. The van der Waals surface area contributed by atoms with Crippen molar-refractivity contribution in [3.8, 4) is 0 Å². The largest absolute Gasteiger partial charge is 0.478 e. The summed E-state index contributed by atoms with van der Waals surface area (Å²) >= 11 is 0. The summed E-state index contributed by atoms with van der Waals surface area (Å²) < 4.78 is 13.5. The number of hydrogen-bond donors (Lipinski definition) is 3. The lowest BCUT2D eigenvalue weighted by Gasteiger charge is -2.04. The van der Waals surface area contributed by atoms with E-state index in [4.69, 9.17) is 10.2 Å². The highest BCUT2D eigenvalue weighted by Crippen LogP contribution is 2.17. The molecule has 0 aliphatic rings. The summed E-state index contributed by atoms with van der Waals surface area (Å²) in [6.07, 6.45) is 0. The fraction of sp³-hybridized carbons (Fsp3) is 0. The molecule has 3 N–H and O–H groups in total. The Kier molecular flexibility index (Phi) is 2.59. The minimum absolute atomic E-state index is 0.382. The van der Waals surface area contributed by atoms with E-state index in [9.17, 15) is 18.8 Å². The molecule has 2 aromatic rings. The third-order valence-corrected chi connectivity index (χ3v) is 2.40. The molecule has 92 valence electrons. The lowest BCUT2D eigenvalue weighted by molar-refractivity contribution is 0.0684. The summed E-state index contributed by atoms with van der Waals surface area (Å²) in [6, 6.07) is 2.53. The number of aromatic nitrogens is 1. The average molecular weight is 251 g/mol. The van der Waals surface area contributed by atoms with E-state index < -0.39 is 34.4 Å². The molecule has 7 heteroatoms. The number of benzene rings is 1. The third-order valence-electron chi connectivity index (χ3n) is 2.40. The predicted octanol–water partition coefficient (Wildman–Crippen LogP) is 1.06. The van der Waals surface area contributed by atoms with Crippen molar-refractivity contribution in [2.24, 2.45) is 0 Å². The van der Waals surface area contributed by atoms with Crippen LogP contribution in [0.1, 0.15) is 20.8 Å². The van der Waals surface area contributed by atoms with Gasteiger partial charge in [-0.1, -0.05) is 0 Å². The van der Waals surface area contributed by atoms with Gasteiger partial charge in [-0.25, -0.2) is 14.0 Å². The van der Waals surface area contributed by atoms with Crippen LogP contribution in [0.3, 0.4) is 0 Å². The van der Waals surface area contributed by atoms with Gasteiger partial charge in [0.05, 0.1) is 16.5 Å². The van der Waals surface area contributed by atoms with Gasteiger partial charge in [0.2, 0.25) is 0 Å². The average Bonchev–Trinajstić information content (AvgIpc) is 2.29. The topological polar surface area (TPSA) is 107 Å². The molecule has 0 unspecified atom stereocenters. The molecule has 0 saturated carbocycles. The first-order valence-electron chi connectivity index (χ1n) is 4.74. The molecule has 0 aliphatic carbocycles. The Morgan fingerprint density at radius 2 is 1.83 bits per heavy atom. The first-order valence-corrected chi connectivity index (χ1v) is 4.74. The van der Waals surface area contributed by atoms with Crippen LogP contribution in [0, 0.1) is 5.82 Å². The van der Waals surface area contributed by atoms with E-state index >= 15 is 0 Å². The van der Waals surface area contributed by atoms with Crippen LogP contribution in [0.5, 0.6) is 0 Å². The lowest BCUT2D eigenvalue weighted by atomic mass is 10.1. The molecule has 0 fully saturated rings. The molecule has 18 heavy (non-hydrogen) atoms. The number of carbonyl (C=O) groups is 2. The van der Waals surface area contributed by atoms with Gasteiger partial charge in [-0.2, -0.15) is 0 Å². The van der Waals surface area contributed by atoms with Crippen molar-refractivity contribution < 1.29 is 24.2 Å². The van der Waals surface area contributed by atoms with Crippen LogP contribution in [0.25, 0.3) is 10.9 Å². The smallest absolute Gasteiger partial charge is 0.352 e. The number of carboxylic acid groups (broad SMARTS) is 2. The number of rotatable bonds is 2. The van der Waals surface area contributed by atoms with E-state index in [2.05, 4.69) is 4.98 Å². The molecule has 0 saturated heterocycles. The summed E-state index contributed by atoms with van der Waals surface area (Å²) in [5, 5.41) is 17.2. The van der Waals surface area contributed by atoms with Crippen molar-refractivity contribution in [3.63, 3.8) is 0 Å². The van der Waals surface area contributed by atoms with Gasteiger partial charge in [-0.15, -0.1) is 0 Å². The Hall–Kier alpha value is -2.70. The number of aromatic carboxylic acids is 2. The Morgan fingerprint density at radius 3 is 2.39 bits per heavy atom. The van der Waals surface area contributed by atoms with E-state index in [0.29, 0.717) is 0 Å². The highest BCUT2D eigenvalue weighted by Gasteiger charge is 2.17. The van der Waals surface area contributed by atoms with E-state index in [1.54, 1.807) is 0 Å². The maximum Gasteiger partial charge on any atom is 0.352 e. The van der Waals surface area contributed by atoms with Crippen LogP contribution in [0.4, 0.5) is 4.39 Å². The molecule has 1 aromatic carbocycles. The fourth-order valence-corrected chi connectivity index (χ4v) is 1.62. The minimum atomic E-state index is -1.44. The highest BCUT2D eigenvalue weighted by molar-refractivity contribution is 6.03. The van der Waals surface area contributed by atoms with Gasteiger partial charge in [0.1, 0.15) is 11.5 Å². The second kappa shape index (κ2) is 3.95. The summed E-state index contributed by atoms with van der Waals surface area (Å²) in [6.45, 7) is 0. The van der Waals surface area contributed by atoms with Crippen molar-refractivity contribution in [2.75, 3.05) is 0 Å². The highest BCUT2D eigenvalue weighted by atomic mass is 19.1. The summed E-state index contributed by atoms with van der Waals surface area (Å²) in [5.41, 5.74) is -2.18. The van der Waals surface area contributed by atoms with E-state index in [1.807, 2.05) is 0 Å². The Morgan fingerprint density at radius 1 is 1.17 bits per heavy atom. The summed E-state index contributed by atoms with van der Waals surface area (Å²) in [7, 11) is 0. The van der Waals surface area contributed by atoms with Crippen LogP contribution in [-0.4, -0.2) is 27.1 Å². The molecule has 0 amide bonds. The van der Waals surface area contributed by atoms with Gasteiger partial charge in [-0.05, 0) is 12.1 Å². The first kappa shape index (κ1) is 11.8. The number of H-pyrrole nitrogens is 1. The molecule has 0 atom stereocenters. The predicted molar refractivity (Wildman–Crippen MR) is 58.4 cm³/mol. The number of hydrogen-bond acceptors (Lipinski definition) is 3. The van der Waals surface area contributed by atoms with Gasteiger partial charge in [0.25, 0.3) is 0 Å². The lowest BCUT2D eigenvalue weighted by Crippen LogP contribution is -2.14. The number of fused-ring (bicyclic) bond motifs is 1. The number of carboxylic acids is 2. The molecule has 6 nitrogen and oxygen atoms in total. The maximum absolute atomic E-state index is 13.5. The molecule has 0 radical (unpaired) electrons. The van der Waals surface area contributed by atoms with Gasteiger partial charge < -0.3 is 15.2 Å². The monoisotopic (exact) mass is 251 g/mol. The number of pyridine rings is 1. The van der Waals surface area contributed by atoms with Crippen LogP contribution < -0.4 is 5.43 Å². The van der Waals surface area contributed by atoms with Gasteiger partial charge in [0, 0.05) is 6.07 Å². The molecule has 1 aromatic heterocycles. The number of aromatic amines is 1. The molecule has 2 rings (SSSR count). The quantitative estimate of drug-likeness (QED) is 0.739. The molecule has 0 spiro atoms. The van der Waals surface area contributed by atoms with Gasteiger partial charge in [0.15, 0.2) is 5.43 Å². The fourth-order valence-electron chi connectivity index (χ4n) is 1.62. The zero-order valence-electron chi connectivity index (χ0n) is 8.73. The first-order chi connectivity index (χ1) is 8.41. The molecular formula is C11H6FNO5. The Balaban J connectivity index is 2.99. The molecule has 0 aliphatic heterocycles. The minimum Gasteiger partial charge on any atom is -0.478 e. The van der Waals surface area contributed by atoms with Crippen molar-refractivity contribution in [1.29, 1.82) is 0 Å². The number of nitrogens with one attached hydrogen (secondary N) is 1. The normalized spacial score (nSPS) is 10.5. The molecule has 1 heterocycles. The summed E-state index contributed by atoms with van der Waals surface area (Å²) in [5.74, 6) is -3.72. The second-order valence-electron chi connectivity index (χ2n) is 3.50. The van der Waals surface area contributed by atoms with E-state index in [-0.39, 0.29) is 10.9 Å². The number of halogens is 1. The van der Waals surface area contributed by atoms with Crippen molar-refractivity contribution in [1.82, 2.24) is 4.98 Å². The SMILES string of the molecule is O=C(O)c1cc(=O)c2c(C(=O)O)ccc(F)c2[nH]1. The maximum atomic E-state index is 13.5. The zero-order chi connectivity index (χ0) is 13.4. The van der Waals surface area contributed by atoms with Crippen LogP contribution >= 0.6 is 0 Å².